The summed E-state index contributed by atoms with van der Waals surface area (Å²) in [6.07, 6.45) is 1.71. The van der Waals surface area contributed by atoms with Gasteiger partial charge in [-0.15, -0.1) is 10.2 Å². The molecule has 0 bridgehead atoms. The molecule has 32 heavy (non-hydrogen) atoms. The highest BCUT2D eigenvalue weighted by Gasteiger charge is 2.18. The maximum absolute atomic E-state index is 12.6. The molecule has 0 aliphatic heterocycles. The summed E-state index contributed by atoms with van der Waals surface area (Å²) >= 11 is 1.32. The Labute approximate surface area is 190 Å². The van der Waals surface area contributed by atoms with Crippen molar-refractivity contribution in [2.75, 3.05) is 18.2 Å². The summed E-state index contributed by atoms with van der Waals surface area (Å²) in [5.41, 5.74) is 4.55. The molecular formula is C24H23N5O2S. The fourth-order valence-electron chi connectivity index (χ4n) is 3.26. The van der Waals surface area contributed by atoms with Crippen LogP contribution in [0.2, 0.25) is 0 Å². The normalized spacial score (nSPS) is 10.7. The van der Waals surface area contributed by atoms with Crippen molar-refractivity contribution in [2.24, 2.45) is 0 Å². The van der Waals surface area contributed by atoms with Crippen molar-refractivity contribution < 1.29 is 9.53 Å². The third-order valence-corrected chi connectivity index (χ3v) is 5.78. The van der Waals surface area contributed by atoms with Gasteiger partial charge in [-0.2, -0.15) is 0 Å². The van der Waals surface area contributed by atoms with Gasteiger partial charge in [0.25, 0.3) is 0 Å². The van der Waals surface area contributed by atoms with Gasteiger partial charge in [0.2, 0.25) is 5.91 Å². The molecule has 4 rings (SSSR count). The van der Waals surface area contributed by atoms with Crippen molar-refractivity contribution >= 4 is 23.4 Å². The molecule has 2 aromatic heterocycles. The lowest BCUT2D eigenvalue weighted by molar-refractivity contribution is -0.113. The number of thioether (sulfide) groups is 1. The molecule has 0 spiro atoms. The van der Waals surface area contributed by atoms with E-state index in [1.165, 1.54) is 11.8 Å². The van der Waals surface area contributed by atoms with Crippen LogP contribution < -0.4 is 10.1 Å². The van der Waals surface area contributed by atoms with Gasteiger partial charge in [-0.05, 0) is 61.9 Å². The van der Waals surface area contributed by atoms with E-state index in [1.54, 1.807) is 13.3 Å². The van der Waals surface area contributed by atoms with Crippen LogP contribution in [-0.4, -0.2) is 38.5 Å². The van der Waals surface area contributed by atoms with E-state index in [-0.39, 0.29) is 11.7 Å². The van der Waals surface area contributed by atoms with E-state index < -0.39 is 0 Å². The number of aromatic nitrogens is 4. The Balaban J connectivity index is 1.59. The summed E-state index contributed by atoms with van der Waals surface area (Å²) in [5.74, 6) is 1.45. The molecule has 0 saturated carbocycles. The lowest BCUT2D eigenvalue weighted by Gasteiger charge is -2.11. The molecule has 1 N–H and O–H groups in total. The number of pyridine rings is 1. The Morgan fingerprint density at radius 2 is 1.88 bits per heavy atom. The second-order valence-corrected chi connectivity index (χ2v) is 8.15. The predicted molar refractivity (Wildman–Crippen MR) is 126 cm³/mol. The van der Waals surface area contributed by atoms with Crippen LogP contribution >= 0.6 is 11.8 Å². The molecule has 0 saturated heterocycles. The lowest BCUT2D eigenvalue weighted by Crippen LogP contribution is -2.15. The zero-order valence-corrected chi connectivity index (χ0v) is 18.9. The van der Waals surface area contributed by atoms with Crippen LogP contribution in [0, 0.1) is 13.8 Å². The van der Waals surface area contributed by atoms with Gasteiger partial charge in [-0.1, -0.05) is 35.5 Å². The van der Waals surface area contributed by atoms with Crippen LogP contribution in [0.25, 0.3) is 17.2 Å². The summed E-state index contributed by atoms with van der Waals surface area (Å²) in [4.78, 5) is 17.0. The van der Waals surface area contributed by atoms with E-state index in [4.69, 9.17) is 4.74 Å². The Hall–Kier alpha value is -3.65. The fourth-order valence-corrected chi connectivity index (χ4v) is 4.01. The molecule has 2 aromatic carbocycles. The fraction of sp³-hybridized carbons (Fsp3) is 0.167. The number of nitrogens with zero attached hydrogens (tertiary/aromatic N) is 4. The van der Waals surface area contributed by atoms with Crippen LogP contribution in [0.5, 0.6) is 5.75 Å². The summed E-state index contributed by atoms with van der Waals surface area (Å²) in [6.45, 7) is 4.01. The number of benzene rings is 2. The third kappa shape index (κ3) is 4.81. The Kier molecular flexibility index (Phi) is 6.51. The minimum atomic E-state index is -0.106. The molecule has 0 radical (unpaired) electrons. The molecule has 2 heterocycles. The molecule has 8 heteroatoms. The number of carbonyl (C=O) groups excluding carboxylic acids is 1. The average molecular weight is 446 g/mol. The molecule has 0 aliphatic rings. The van der Waals surface area contributed by atoms with Crippen LogP contribution in [0.4, 0.5) is 5.69 Å². The maximum atomic E-state index is 12.6. The van der Waals surface area contributed by atoms with Crippen molar-refractivity contribution in [3.63, 3.8) is 0 Å². The van der Waals surface area contributed by atoms with Gasteiger partial charge in [-0.3, -0.25) is 14.3 Å². The number of nitrogens with one attached hydrogen (secondary N) is 1. The van der Waals surface area contributed by atoms with Crippen LogP contribution in [-0.2, 0) is 4.79 Å². The Bertz CT molecular complexity index is 1220. The molecule has 4 aromatic rings. The number of rotatable bonds is 7. The van der Waals surface area contributed by atoms with Gasteiger partial charge in [0.05, 0.1) is 18.6 Å². The highest BCUT2D eigenvalue weighted by molar-refractivity contribution is 7.99. The lowest BCUT2D eigenvalue weighted by atomic mass is 10.1. The molecule has 162 valence electrons. The second kappa shape index (κ2) is 9.65. The van der Waals surface area contributed by atoms with Crippen molar-refractivity contribution in [2.45, 2.75) is 19.0 Å². The number of hydrogen-bond acceptors (Lipinski definition) is 6. The predicted octanol–water partition coefficient (Wildman–Crippen LogP) is 4.69. The molecule has 0 unspecified atom stereocenters. The van der Waals surface area contributed by atoms with Gasteiger partial charge in [-0.25, -0.2) is 0 Å². The smallest absolute Gasteiger partial charge is 0.234 e. The molecule has 7 nitrogen and oxygen atoms in total. The Morgan fingerprint density at radius 3 is 2.56 bits per heavy atom. The minimum Gasteiger partial charge on any atom is -0.497 e. The van der Waals surface area contributed by atoms with Gasteiger partial charge in [0.1, 0.15) is 11.4 Å². The quantitative estimate of drug-likeness (QED) is 0.416. The first-order valence-corrected chi connectivity index (χ1v) is 11.0. The van der Waals surface area contributed by atoms with Crippen molar-refractivity contribution in [3.05, 3.63) is 78.0 Å². The SMILES string of the molecule is COc1ccc(-n2c(SCC(=O)Nc3ccc(C)cc3C)nnc2-c2ccccn2)cc1. The van der Waals surface area contributed by atoms with Gasteiger partial charge >= 0.3 is 0 Å². The molecule has 0 fully saturated rings. The monoisotopic (exact) mass is 445 g/mol. The van der Waals surface area contributed by atoms with E-state index >= 15 is 0 Å². The molecule has 0 atom stereocenters. The highest BCUT2D eigenvalue weighted by atomic mass is 32.2. The van der Waals surface area contributed by atoms with E-state index in [1.807, 2.05) is 79.1 Å². The first kappa shape index (κ1) is 21.6. The first-order chi connectivity index (χ1) is 15.5. The van der Waals surface area contributed by atoms with E-state index in [9.17, 15) is 4.79 Å². The van der Waals surface area contributed by atoms with Crippen molar-refractivity contribution in [1.82, 2.24) is 19.7 Å². The topological polar surface area (TPSA) is 81.9 Å². The zero-order chi connectivity index (χ0) is 22.5. The maximum Gasteiger partial charge on any atom is 0.234 e. The minimum absolute atomic E-state index is 0.106. The van der Waals surface area contributed by atoms with Gasteiger partial charge in [0.15, 0.2) is 11.0 Å². The second-order valence-electron chi connectivity index (χ2n) is 7.21. The molecular weight excluding hydrogens is 422 g/mol. The van der Waals surface area contributed by atoms with E-state index in [0.717, 1.165) is 28.3 Å². The first-order valence-electron chi connectivity index (χ1n) is 10.1. The number of ether oxygens (including phenoxy) is 1. The molecule has 1 amide bonds. The Morgan fingerprint density at radius 1 is 1.06 bits per heavy atom. The number of anilines is 1. The highest BCUT2D eigenvalue weighted by Crippen LogP contribution is 2.28. The summed E-state index contributed by atoms with van der Waals surface area (Å²) in [7, 11) is 1.63. The summed E-state index contributed by atoms with van der Waals surface area (Å²) < 4.78 is 7.17. The number of methoxy groups -OCH3 is 1. The van der Waals surface area contributed by atoms with E-state index in [2.05, 4.69) is 20.5 Å². The van der Waals surface area contributed by atoms with E-state index in [0.29, 0.717) is 16.7 Å². The largest absolute Gasteiger partial charge is 0.497 e. The zero-order valence-electron chi connectivity index (χ0n) is 18.1. The van der Waals surface area contributed by atoms with Crippen LogP contribution in [0.3, 0.4) is 0 Å². The third-order valence-electron chi connectivity index (χ3n) is 4.85. The van der Waals surface area contributed by atoms with Crippen LogP contribution in [0.15, 0.2) is 72.0 Å². The average Bonchev–Trinajstić information content (AvgIpc) is 3.24. The summed E-state index contributed by atoms with van der Waals surface area (Å²) in [6, 6.07) is 19.2. The number of carbonyl (C=O) groups is 1. The van der Waals surface area contributed by atoms with Crippen molar-refractivity contribution in [3.8, 4) is 23.0 Å². The van der Waals surface area contributed by atoms with Gasteiger partial charge < -0.3 is 10.1 Å². The molecule has 0 aliphatic carbocycles. The van der Waals surface area contributed by atoms with Crippen LogP contribution in [0.1, 0.15) is 11.1 Å². The summed E-state index contributed by atoms with van der Waals surface area (Å²) in [5, 5.41) is 12.3. The number of hydrogen-bond donors (Lipinski definition) is 1. The van der Waals surface area contributed by atoms with Gasteiger partial charge in [0, 0.05) is 11.9 Å². The standard InChI is InChI=1S/C24H23N5O2S/c1-16-7-12-20(17(2)14-16)26-22(30)15-32-24-28-27-23(21-6-4-5-13-25-21)29(24)18-8-10-19(31-3)11-9-18/h4-14H,15H2,1-3H3,(H,26,30). The van der Waals surface area contributed by atoms with Crippen molar-refractivity contribution in [1.29, 1.82) is 0 Å². The number of amides is 1. The number of aryl methyl sites for hydroxylation is 2.